The van der Waals surface area contributed by atoms with Crippen LogP contribution in [0.5, 0.6) is 0 Å². The lowest BCUT2D eigenvalue weighted by molar-refractivity contribution is -0.134. The van der Waals surface area contributed by atoms with Crippen LogP contribution in [-0.4, -0.2) is 16.5 Å². The van der Waals surface area contributed by atoms with Gasteiger partial charge in [-0.1, -0.05) is 33.1 Å². The van der Waals surface area contributed by atoms with Gasteiger partial charge in [0, 0.05) is 6.42 Å². The maximum atomic E-state index is 11.2. The van der Waals surface area contributed by atoms with Gasteiger partial charge in [0.2, 0.25) is 10.5 Å². The fourth-order valence-electron chi connectivity index (χ4n) is 2.61. The molecule has 0 radical (unpaired) electrons. The Balaban J connectivity index is 2.38. The molecule has 1 rings (SSSR count). The molecule has 0 atom stereocenters. The van der Waals surface area contributed by atoms with E-state index in [0.717, 1.165) is 12.3 Å². The monoisotopic (exact) mass is 228 g/mol. The molecule has 3 heteroatoms. The van der Waals surface area contributed by atoms with Gasteiger partial charge in [0.1, 0.15) is 0 Å². The van der Waals surface area contributed by atoms with Crippen LogP contribution in [0.15, 0.2) is 0 Å². The van der Waals surface area contributed by atoms with Crippen molar-refractivity contribution in [1.29, 1.82) is 0 Å². The molecule has 0 amide bonds. The summed E-state index contributed by atoms with van der Waals surface area (Å²) in [5.74, 6) is 0.804. The third kappa shape index (κ3) is 3.97. The molecule has 0 aromatic carbocycles. The van der Waals surface area contributed by atoms with E-state index < -0.39 is 0 Å². The van der Waals surface area contributed by atoms with Gasteiger partial charge in [-0.2, -0.15) is 0 Å². The first-order valence-electron chi connectivity index (χ1n) is 6.13. The van der Waals surface area contributed by atoms with Gasteiger partial charge in [-0.3, -0.25) is 4.79 Å². The van der Waals surface area contributed by atoms with Crippen molar-refractivity contribution >= 4 is 16.5 Å². The van der Waals surface area contributed by atoms with Crippen molar-refractivity contribution in [2.75, 3.05) is 0 Å². The van der Waals surface area contributed by atoms with Crippen LogP contribution in [0, 0.1) is 11.3 Å². The minimum atomic E-state index is -0.00875. The van der Waals surface area contributed by atoms with Crippen molar-refractivity contribution < 1.29 is 9.22 Å². The van der Waals surface area contributed by atoms with Crippen LogP contribution < -0.4 is 0 Å². The minimum absolute atomic E-state index is 0.00875. The van der Waals surface area contributed by atoms with Crippen LogP contribution in [0.4, 0.5) is 0 Å². The average molecular weight is 228 g/mol. The predicted octanol–water partition coefficient (Wildman–Crippen LogP) is 2.20. The van der Waals surface area contributed by atoms with Crippen molar-refractivity contribution in [1.82, 2.24) is 0 Å². The fourth-order valence-corrected chi connectivity index (χ4v) is 2.82. The van der Waals surface area contributed by atoms with Crippen LogP contribution in [0.1, 0.15) is 58.8 Å². The topological polar surface area (TPSA) is 26.3 Å². The van der Waals surface area contributed by atoms with E-state index in [0.29, 0.717) is 22.3 Å². The zero-order valence-electron chi connectivity index (χ0n) is 10.3. The molecule has 0 aliphatic heterocycles. The maximum absolute atomic E-state index is 11.2. The van der Waals surface area contributed by atoms with Crippen LogP contribution in [0.25, 0.3) is 0 Å². The zero-order chi connectivity index (χ0) is 11.3. The Labute approximate surface area is 96.3 Å². The molecule has 88 valence electrons. The van der Waals surface area contributed by atoms with Crippen LogP contribution in [-0.2, 0) is 9.22 Å². The fraction of sp³-hybridized carbons (Fsp3) is 0.917. The molecule has 0 bridgehead atoms. The second-order valence-electron chi connectivity index (χ2n) is 5.40. The molecule has 1 aliphatic carbocycles. The Morgan fingerprint density at radius 2 is 1.93 bits per heavy atom. The van der Waals surface area contributed by atoms with Gasteiger partial charge < -0.3 is 4.43 Å². The molecule has 0 N–H and O–H groups in total. The lowest BCUT2D eigenvalue weighted by Gasteiger charge is -2.37. The summed E-state index contributed by atoms with van der Waals surface area (Å²) in [5, 5.41) is 0. The predicted molar refractivity (Wildman–Crippen MR) is 65.6 cm³/mol. The largest absolute Gasteiger partial charge is 0.529 e. The molecule has 0 aromatic heterocycles. The lowest BCUT2D eigenvalue weighted by atomic mass is 9.69. The summed E-state index contributed by atoms with van der Waals surface area (Å²) < 4.78 is 4.83. The quantitative estimate of drug-likeness (QED) is 0.690. The molecule has 0 saturated heterocycles. The van der Waals surface area contributed by atoms with Gasteiger partial charge in [-0.05, 0) is 30.6 Å². The SMILES string of the molecule is CC(C)(CCC(=O)O[SiH3])C1CCCCC1. The molecule has 1 saturated carbocycles. The van der Waals surface area contributed by atoms with E-state index in [4.69, 9.17) is 4.43 Å². The number of carbonyl (C=O) groups excluding carboxylic acids is 1. The molecule has 0 aromatic rings. The van der Waals surface area contributed by atoms with Crippen molar-refractivity contribution in [3.8, 4) is 0 Å². The molecular weight excluding hydrogens is 204 g/mol. The van der Waals surface area contributed by atoms with Gasteiger partial charge in [-0.15, -0.1) is 0 Å². The van der Waals surface area contributed by atoms with E-state index in [2.05, 4.69) is 13.8 Å². The van der Waals surface area contributed by atoms with Crippen molar-refractivity contribution in [2.45, 2.75) is 58.8 Å². The van der Waals surface area contributed by atoms with Crippen molar-refractivity contribution in [3.63, 3.8) is 0 Å². The highest BCUT2D eigenvalue weighted by Gasteiger charge is 2.30. The highest BCUT2D eigenvalue weighted by Crippen LogP contribution is 2.41. The van der Waals surface area contributed by atoms with E-state index in [9.17, 15) is 4.79 Å². The molecular formula is C12H24O2Si. The summed E-state index contributed by atoms with van der Waals surface area (Å²) in [4.78, 5) is 11.2. The standard InChI is InChI=1S/C12H24O2Si/c1-12(2,9-8-11(13)14-15)10-6-4-3-5-7-10/h10H,3-9H2,1-2,15H3. The summed E-state index contributed by atoms with van der Waals surface area (Å²) in [7, 11) is 0.534. The molecule has 0 heterocycles. The van der Waals surface area contributed by atoms with Gasteiger partial charge >= 0.3 is 0 Å². The van der Waals surface area contributed by atoms with Crippen LogP contribution in [0.2, 0.25) is 0 Å². The third-order valence-corrected chi connectivity index (χ3v) is 4.37. The summed E-state index contributed by atoms with van der Waals surface area (Å²) in [5.41, 5.74) is 0.316. The van der Waals surface area contributed by atoms with E-state index in [-0.39, 0.29) is 5.97 Å². The van der Waals surface area contributed by atoms with Crippen LogP contribution >= 0.6 is 0 Å². The Hall–Kier alpha value is -0.313. The summed E-state index contributed by atoms with van der Waals surface area (Å²) in [6.07, 6.45) is 8.44. The van der Waals surface area contributed by atoms with Gasteiger partial charge in [0.05, 0.1) is 0 Å². The zero-order valence-corrected chi connectivity index (χ0v) is 12.3. The molecule has 0 unspecified atom stereocenters. The Morgan fingerprint density at radius 3 is 2.47 bits per heavy atom. The van der Waals surface area contributed by atoms with Crippen molar-refractivity contribution in [3.05, 3.63) is 0 Å². The highest BCUT2D eigenvalue weighted by molar-refractivity contribution is 6.05. The van der Waals surface area contributed by atoms with E-state index in [1.54, 1.807) is 0 Å². The second-order valence-corrected chi connectivity index (χ2v) is 5.81. The number of rotatable bonds is 4. The molecule has 0 spiro atoms. The van der Waals surface area contributed by atoms with Gasteiger partial charge in [0.15, 0.2) is 0 Å². The number of carbonyl (C=O) groups is 1. The normalized spacial score (nSPS) is 19.1. The molecule has 2 nitrogen and oxygen atoms in total. The van der Waals surface area contributed by atoms with Crippen LogP contribution in [0.3, 0.4) is 0 Å². The molecule has 15 heavy (non-hydrogen) atoms. The Morgan fingerprint density at radius 1 is 1.33 bits per heavy atom. The third-order valence-electron chi connectivity index (χ3n) is 3.91. The first kappa shape index (κ1) is 12.8. The average Bonchev–Trinajstić information content (AvgIpc) is 2.27. The molecule has 1 aliphatic rings. The first-order chi connectivity index (χ1) is 7.06. The molecule has 1 fully saturated rings. The number of hydrogen-bond acceptors (Lipinski definition) is 2. The highest BCUT2D eigenvalue weighted by atomic mass is 28.2. The summed E-state index contributed by atoms with van der Waals surface area (Å²) in [6.45, 7) is 4.62. The Kier molecular flexibility index (Phi) is 4.83. The Bertz CT molecular complexity index is 208. The van der Waals surface area contributed by atoms with E-state index >= 15 is 0 Å². The van der Waals surface area contributed by atoms with E-state index in [1.807, 2.05) is 0 Å². The minimum Gasteiger partial charge on any atom is -0.529 e. The van der Waals surface area contributed by atoms with Crippen molar-refractivity contribution in [2.24, 2.45) is 11.3 Å². The summed E-state index contributed by atoms with van der Waals surface area (Å²) in [6, 6.07) is 0. The smallest absolute Gasteiger partial charge is 0.291 e. The number of hydrogen-bond donors (Lipinski definition) is 0. The summed E-state index contributed by atoms with van der Waals surface area (Å²) >= 11 is 0. The lowest BCUT2D eigenvalue weighted by Crippen LogP contribution is -2.27. The van der Waals surface area contributed by atoms with Gasteiger partial charge in [0.25, 0.3) is 5.97 Å². The first-order valence-corrected chi connectivity index (χ1v) is 6.95. The van der Waals surface area contributed by atoms with E-state index in [1.165, 1.54) is 32.1 Å². The maximum Gasteiger partial charge on any atom is 0.291 e. The van der Waals surface area contributed by atoms with Gasteiger partial charge in [-0.25, -0.2) is 0 Å². The second kappa shape index (κ2) is 5.68.